The Morgan fingerprint density at radius 2 is 2.12 bits per heavy atom. The number of carbonyl (C=O) groups is 1. The standard InChI is InChI=1S/C11H22N2O3/c1-11(2,3)16-10(15)7-13(4)8-5-12-6-9(8)14/h8-9,12,14H,5-7H2,1-4H3/t8-,9-/m0/s1. The number of hydrogen-bond acceptors (Lipinski definition) is 5. The van der Waals surface area contributed by atoms with Crippen molar-refractivity contribution in [1.82, 2.24) is 10.2 Å². The van der Waals surface area contributed by atoms with Crippen LogP contribution in [0.15, 0.2) is 0 Å². The fourth-order valence-corrected chi connectivity index (χ4v) is 1.80. The summed E-state index contributed by atoms with van der Waals surface area (Å²) in [5, 5.41) is 12.7. The van der Waals surface area contributed by atoms with E-state index in [0.717, 1.165) is 0 Å². The molecule has 0 aromatic rings. The van der Waals surface area contributed by atoms with Crippen molar-refractivity contribution in [3.8, 4) is 0 Å². The predicted molar refractivity (Wildman–Crippen MR) is 61.1 cm³/mol. The van der Waals surface area contributed by atoms with Crippen molar-refractivity contribution in [1.29, 1.82) is 0 Å². The molecule has 94 valence electrons. The molecule has 1 aliphatic rings. The van der Waals surface area contributed by atoms with Gasteiger partial charge in [0.25, 0.3) is 0 Å². The normalized spacial score (nSPS) is 26.1. The van der Waals surface area contributed by atoms with Crippen molar-refractivity contribution < 1.29 is 14.6 Å². The molecule has 1 aliphatic heterocycles. The third-order valence-corrected chi connectivity index (χ3v) is 2.52. The van der Waals surface area contributed by atoms with E-state index in [2.05, 4.69) is 5.32 Å². The minimum absolute atomic E-state index is 0.00693. The Balaban J connectivity index is 2.39. The van der Waals surface area contributed by atoms with Crippen LogP contribution >= 0.6 is 0 Å². The van der Waals surface area contributed by atoms with Crippen LogP contribution < -0.4 is 5.32 Å². The number of hydrogen-bond donors (Lipinski definition) is 2. The van der Waals surface area contributed by atoms with Crippen LogP contribution in [0.3, 0.4) is 0 Å². The Labute approximate surface area is 96.8 Å². The first-order valence-corrected chi connectivity index (χ1v) is 5.60. The highest BCUT2D eigenvalue weighted by atomic mass is 16.6. The SMILES string of the molecule is CN(CC(=O)OC(C)(C)C)[C@H]1CNC[C@@H]1O. The smallest absolute Gasteiger partial charge is 0.320 e. The Morgan fingerprint density at radius 3 is 2.56 bits per heavy atom. The molecule has 2 N–H and O–H groups in total. The van der Waals surface area contributed by atoms with Crippen molar-refractivity contribution in [3.63, 3.8) is 0 Å². The van der Waals surface area contributed by atoms with Gasteiger partial charge in [0.2, 0.25) is 0 Å². The molecular formula is C11H22N2O3. The summed E-state index contributed by atoms with van der Waals surface area (Å²) in [7, 11) is 1.82. The number of carbonyl (C=O) groups excluding carboxylic acids is 1. The number of rotatable bonds is 3. The van der Waals surface area contributed by atoms with E-state index in [1.54, 1.807) is 0 Å². The molecule has 1 rings (SSSR count). The minimum atomic E-state index is -0.454. The zero-order valence-corrected chi connectivity index (χ0v) is 10.5. The second kappa shape index (κ2) is 5.12. The Morgan fingerprint density at radius 1 is 1.50 bits per heavy atom. The second-order valence-corrected chi connectivity index (χ2v) is 5.29. The fraction of sp³-hybridized carbons (Fsp3) is 0.909. The number of nitrogens with zero attached hydrogens (tertiary/aromatic N) is 1. The van der Waals surface area contributed by atoms with Gasteiger partial charge in [0.1, 0.15) is 5.60 Å². The van der Waals surface area contributed by atoms with Crippen LogP contribution in [0.1, 0.15) is 20.8 Å². The minimum Gasteiger partial charge on any atom is -0.459 e. The Kier molecular flexibility index (Phi) is 4.29. The maximum absolute atomic E-state index is 11.6. The van der Waals surface area contributed by atoms with Gasteiger partial charge in [-0.15, -0.1) is 0 Å². The van der Waals surface area contributed by atoms with Crippen LogP contribution in [-0.2, 0) is 9.53 Å². The van der Waals surface area contributed by atoms with Gasteiger partial charge in [0, 0.05) is 19.1 Å². The number of esters is 1. The topological polar surface area (TPSA) is 61.8 Å². The molecule has 0 aromatic heterocycles. The molecule has 5 nitrogen and oxygen atoms in total. The van der Waals surface area contributed by atoms with Crippen LogP contribution in [0, 0.1) is 0 Å². The first-order chi connectivity index (χ1) is 7.29. The summed E-state index contributed by atoms with van der Waals surface area (Å²) in [4.78, 5) is 13.4. The van der Waals surface area contributed by atoms with Gasteiger partial charge in [0.05, 0.1) is 12.6 Å². The third-order valence-electron chi connectivity index (χ3n) is 2.52. The average Bonchev–Trinajstić information content (AvgIpc) is 2.47. The quantitative estimate of drug-likeness (QED) is 0.646. The summed E-state index contributed by atoms with van der Waals surface area (Å²) in [6.45, 7) is 7.04. The zero-order chi connectivity index (χ0) is 12.3. The van der Waals surface area contributed by atoms with E-state index in [0.29, 0.717) is 13.1 Å². The molecule has 0 bridgehead atoms. The molecule has 0 saturated carbocycles. The van der Waals surface area contributed by atoms with Crippen LogP contribution in [0.25, 0.3) is 0 Å². The maximum Gasteiger partial charge on any atom is 0.320 e. The van der Waals surface area contributed by atoms with Crippen molar-refractivity contribution in [2.75, 3.05) is 26.7 Å². The molecule has 0 radical (unpaired) electrons. The number of likely N-dealkylation sites (N-methyl/N-ethyl adjacent to an activating group) is 1. The highest BCUT2D eigenvalue weighted by Gasteiger charge is 2.30. The summed E-state index contributed by atoms with van der Waals surface area (Å²) >= 11 is 0. The maximum atomic E-state index is 11.6. The number of aliphatic hydroxyl groups excluding tert-OH is 1. The lowest BCUT2D eigenvalue weighted by Gasteiger charge is -2.27. The first kappa shape index (κ1) is 13.4. The van der Waals surface area contributed by atoms with Crippen molar-refractivity contribution in [2.45, 2.75) is 38.5 Å². The summed E-state index contributed by atoms with van der Waals surface area (Å²) in [6.07, 6.45) is -0.410. The summed E-state index contributed by atoms with van der Waals surface area (Å²) in [6, 6.07) is -0.00693. The van der Waals surface area contributed by atoms with Crippen LogP contribution in [0.4, 0.5) is 0 Å². The van der Waals surface area contributed by atoms with Gasteiger partial charge in [0.15, 0.2) is 0 Å². The van der Waals surface area contributed by atoms with Gasteiger partial charge in [-0.1, -0.05) is 0 Å². The highest BCUT2D eigenvalue weighted by Crippen LogP contribution is 2.10. The lowest BCUT2D eigenvalue weighted by Crippen LogP contribution is -2.44. The van der Waals surface area contributed by atoms with Crippen molar-refractivity contribution >= 4 is 5.97 Å². The molecule has 0 aliphatic carbocycles. The molecule has 0 aromatic carbocycles. The molecule has 0 spiro atoms. The van der Waals surface area contributed by atoms with Crippen molar-refractivity contribution in [2.24, 2.45) is 0 Å². The molecule has 1 fully saturated rings. The van der Waals surface area contributed by atoms with Gasteiger partial charge < -0.3 is 15.2 Å². The number of aliphatic hydroxyl groups is 1. The van der Waals surface area contributed by atoms with E-state index in [9.17, 15) is 9.90 Å². The average molecular weight is 230 g/mol. The molecule has 2 atom stereocenters. The van der Waals surface area contributed by atoms with Gasteiger partial charge >= 0.3 is 5.97 Å². The zero-order valence-electron chi connectivity index (χ0n) is 10.5. The number of β-amino-alcohol motifs (C(OH)–C–C–N with tert-alkyl or cyclic N) is 1. The highest BCUT2D eigenvalue weighted by molar-refractivity contribution is 5.72. The Bertz CT molecular complexity index is 250. The molecule has 0 unspecified atom stereocenters. The van der Waals surface area contributed by atoms with Crippen LogP contribution in [0.2, 0.25) is 0 Å². The fourth-order valence-electron chi connectivity index (χ4n) is 1.80. The second-order valence-electron chi connectivity index (χ2n) is 5.29. The monoisotopic (exact) mass is 230 g/mol. The lowest BCUT2D eigenvalue weighted by atomic mass is 10.2. The van der Waals surface area contributed by atoms with E-state index in [4.69, 9.17) is 4.74 Å². The molecule has 5 heteroatoms. The Hall–Kier alpha value is -0.650. The predicted octanol–water partition coefficient (Wildman–Crippen LogP) is -0.407. The molecular weight excluding hydrogens is 208 g/mol. The van der Waals surface area contributed by atoms with Crippen molar-refractivity contribution in [3.05, 3.63) is 0 Å². The molecule has 1 heterocycles. The lowest BCUT2D eigenvalue weighted by molar-refractivity contribution is -0.156. The van der Waals surface area contributed by atoms with E-state index in [-0.39, 0.29) is 18.6 Å². The van der Waals surface area contributed by atoms with E-state index in [1.807, 2.05) is 32.7 Å². The molecule has 1 saturated heterocycles. The van der Waals surface area contributed by atoms with E-state index in [1.165, 1.54) is 0 Å². The van der Waals surface area contributed by atoms with E-state index < -0.39 is 11.7 Å². The van der Waals surface area contributed by atoms with Crippen LogP contribution in [-0.4, -0.2) is 60.4 Å². The number of nitrogens with one attached hydrogen (secondary N) is 1. The summed E-state index contributed by atoms with van der Waals surface area (Å²) in [5.74, 6) is -0.255. The molecule has 16 heavy (non-hydrogen) atoms. The third kappa shape index (κ3) is 4.08. The summed E-state index contributed by atoms with van der Waals surface area (Å²) in [5.41, 5.74) is -0.454. The summed E-state index contributed by atoms with van der Waals surface area (Å²) < 4.78 is 5.22. The van der Waals surface area contributed by atoms with Gasteiger partial charge in [-0.3, -0.25) is 9.69 Å². The van der Waals surface area contributed by atoms with Crippen LogP contribution in [0.5, 0.6) is 0 Å². The van der Waals surface area contributed by atoms with Gasteiger partial charge in [-0.2, -0.15) is 0 Å². The van der Waals surface area contributed by atoms with E-state index >= 15 is 0 Å². The largest absolute Gasteiger partial charge is 0.459 e. The van der Waals surface area contributed by atoms with Gasteiger partial charge in [-0.05, 0) is 27.8 Å². The first-order valence-electron chi connectivity index (χ1n) is 5.60. The van der Waals surface area contributed by atoms with Gasteiger partial charge in [-0.25, -0.2) is 0 Å². The molecule has 0 amide bonds. The number of ether oxygens (including phenoxy) is 1.